The molecule has 0 amide bonds. The number of methoxy groups -OCH3 is 1. The van der Waals surface area contributed by atoms with Crippen LogP contribution in [0.25, 0.3) is 10.4 Å². The maximum absolute atomic E-state index is 11.6. The lowest BCUT2D eigenvalue weighted by molar-refractivity contribution is -0.155. The molecule has 0 unspecified atom stereocenters. The molecule has 1 aliphatic rings. The molecule has 0 radical (unpaired) electrons. The molecule has 1 aromatic rings. The van der Waals surface area contributed by atoms with E-state index in [0.717, 1.165) is 10.6 Å². The van der Waals surface area contributed by atoms with Crippen LogP contribution in [-0.4, -0.2) is 34.8 Å². The van der Waals surface area contributed by atoms with Crippen LogP contribution in [0.4, 0.5) is 0 Å². The van der Waals surface area contributed by atoms with Crippen LogP contribution in [-0.2, 0) is 14.3 Å². The number of nitrogens with zero attached hydrogens (tertiary/aromatic N) is 4. The lowest BCUT2D eigenvalue weighted by atomic mass is 10.1. The Kier molecular flexibility index (Phi) is 3.87. The van der Waals surface area contributed by atoms with E-state index in [1.807, 2.05) is 0 Å². The van der Waals surface area contributed by atoms with E-state index in [4.69, 9.17) is 10.3 Å². The summed E-state index contributed by atoms with van der Waals surface area (Å²) in [7, 11) is 1.18. The maximum Gasteiger partial charge on any atom is 0.335 e. The Morgan fingerprint density at radius 3 is 3.00 bits per heavy atom. The van der Waals surface area contributed by atoms with Crippen LogP contribution in [0.1, 0.15) is 12.6 Å². The van der Waals surface area contributed by atoms with Crippen LogP contribution < -0.4 is 11.2 Å². The topological polar surface area (TPSA) is 139 Å². The second kappa shape index (κ2) is 5.59. The van der Waals surface area contributed by atoms with Gasteiger partial charge in [0.1, 0.15) is 6.23 Å². The summed E-state index contributed by atoms with van der Waals surface area (Å²) in [4.78, 5) is 38.9. The van der Waals surface area contributed by atoms with Crippen molar-refractivity contribution in [2.75, 3.05) is 7.11 Å². The highest BCUT2D eigenvalue weighted by Crippen LogP contribution is 2.30. The first-order valence-corrected chi connectivity index (χ1v) is 5.65. The minimum Gasteiger partial charge on any atom is -0.467 e. The third-order valence-corrected chi connectivity index (χ3v) is 2.89. The lowest BCUT2D eigenvalue weighted by Gasteiger charge is -2.14. The molecular formula is C10H11N5O5. The number of hydrogen-bond donors (Lipinski definition) is 1. The third kappa shape index (κ3) is 2.56. The minimum atomic E-state index is -1.08. The number of ether oxygens (including phenoxy) is 2. The highest BCUT2D eigenvalue weighted by atomic mass is 16.6. The molecule has 1 aliphatic heterocycles. The summed E-state index contributed by atoms with van der Waals surface area (Å²) in [5.74, 6) is -0.692. The van der Waals surface area contributed by atoms with Gasteiger partial charge in [-0.05, 0) is 5.53 Å². The summed E-state index contributed by atoms with van der Waals surface area (Å²) in [5, 5.41) is 3.46. The van der Waals surface area contributed by atoms with Crippen molar-refractivity contribution in [2.24, 2.45) is 5.11 Å². The van der Waals surface area contributed by atoms with Crippen LogP contribution >= 0.6 is 0 Å². The number of azide groups is 1. The van der Waals surface area contributed by atoms with Crippen molar-refractivity contribution in [1.82, 2.24) is 9.55 Å². The van der Waals surface area contributed by atoms with Gasteiger partial charge in [-0.25, -0.2) is 9.59 Å². The molecule has 1 aromatic heterocycles. The van der Waals surface area contributed by atoms with Crippen molar-refractivity contribution >= 4 is 5.97 Å². The molecule has 1 saturated heterocycles. The smallest absolute Gasteiger partial charge is 0.335 e. The Morgan fingerprint density at radius 2 is 2.40 bits per heavy atom. The zero-order valence-corrected chi connectivity index (χ0v) is 10.4. The lowest BCUT2D eigenvalue weighted by Crippen LogP contribution is -2.32. The number of esters is 1. The van der Waals surface area contributed by atoms with Gasteiger partial charge < -0.3 is 9.47 Å². The second-order valence-electron chi connectivity index (χ2n) is 4.06. The molecule has 2 rings (SSSR count). The predicted molar refractivity (Wildman–Crippen MR) is 64.8 cm³/mol. The van der Waals surface area contributed by atoms with E-state index in [0.29, 0.717) is 0 Å². The molecule has 1 N–H and O–H groups in total. The standard InChI is InChI=1S/C10H11N5O5/c1-19-9(17)8-5(13-14-11)4-7(20-8)15-3-2-6(16)12-10(15)18/h2-3,5,7-8H,4H2,1H3,(H,12,16,18)/t5-,7+,8-/m0/s1. The number of rotatable bonds is 3. The highest BCUT2D eigenvalue weighted by Gasteiger charge is 2.41. The fourth-order valence-corrected chi connectivity index (χ4v) is 1.98. The molecule has 10 nitrogen and oxygen atoms in total. The Bertz CT molecular complexity index is 673. The van der Waals surface area contributed by atoms with Crippen molar-refractivity contribution in [3.05, 3.63) is 43.5 Å². The molecule has 106 valence electrons. The SMILES string of the molecule is COC(=O)[C@H]1O[C@@H](n2ccc(=O)[nH]c2=O)C[C@@H]1N=[N+]=[N-]. The highest BCUT2D eigenvalue weighted by molar-refractivity contribution is 5.75. The first kappa shape index (κ1) is 13.8. The van der Waals surface area contributed by atoms with E-state index < -0.39 is 35.6 Å². The van der Waals surface area contributed by atoms with Crippen molar-refractivity contribution in [3.63, 3.8) is 0 Å². The molecule has 0 saturated carbocycles. The second-order valence-corrected chi connectivity index (χ2v) is 4.06. The Morgan fingerprint density at radius 1 is 1.65 bits per heavy atom. The monoisotopic (exact) mass is 281 g/mol. The molecular weight excluding hydrogens is 270 g/mol. The summed E-state index contributed by atoms with van der Waals surface area (Å²) >= 11 is 0. The van der Waals surface area contributed by atoms with Crippen molar-refractivity contribution < 1.29 is 14.3 Å². The van der Waals surface area contributed by atoms with E-state index in [1.165, 1.54) is 13.3 Å². The number of carbonyl (C=O) groups excluding carboxylic acids is 1. The first-order chi connectivity index (χ1) is 9.56. The van der Waals surface area contributed by atoms with Crippen LogP contribution in [0.15, 0.2) is 27.0 Å². The molecule has 0 aromatic carbocycles. The van der Waals surface area contributed by atoms with Crippen molar-refractivity contribution in [1.29, 1.82) is 0 Å². The molecule has 0 spiro atoms. The van der Waals surface area contributed by atoms with Crippen molar-refractivity contribution in [3.8, 4) is 0 Å². The van der Waals surface area contributed by atoms with Gasteiger partial charge in [-0.15, -0.1) is 0 Å². The maximum atomic E-state index is 11.6. The van der Waals surface area contributed by atoms with E-state index in [2.05, 4.69) is 19.7 Å². The van der Waals surface area contributed by atoms with Gasteiger partial charge in [-0.1, -0.05) is 5.11 Å². The number of nitrogens with one attached hydrogen (secondary N) is 1. The molecule has 0 aliphatic carbocycles. The normalized spacial score (nSPS) is 24.9. The average Bonchev–Trinajstić information content (AvgIpc) is 2.82. The molecule has 20 heavy (non-hydrogen) atoms. The molecule has 2 heterocycles. The average molecular weight is 281 g/mol. The minimum absolute atomic E-state index is 0.121. The number of aromatic amines is 1. The first-order valence-electron chi connectivity index (χ1n) is 5.65. The van der Waals surface area contributed by atoms with E-state index in [9.17, 15) is 14.4 Å². The van der Waals surface area contributed by atoms with Crippen LogP contribution in [0.2, 0.25) is 0 Å². The number of carbonyl (C=O) groups is 1. The number of aromatic nitrogens is 2. The number of H-pyrrole nitrogens is 1. The summed E-state index contributed by atoms with van der Waals surface area (Å²) in [5.41, 5.74) is 7.27. The zero-order valence-electron chi connectivity index (χ0n) is 10.4. The summed E-state index contributed by atoms with van der Waals surface area (Å²) in [6.45, 7) is 0. The van der Waals surface area contributed by atoms with Gasteiger partial charge in [0.15, 0.2) is 6.10 Å². The van der Waals surface area contributed by atoms with E-state index >= 15 is 0 Å². The van der Waals surface area contributed by atoms with Gasteiger partial charge >= 0.3 is 11.7 Å². The van der Waals surface area contributed by atoms with Gasteiger partial charge in [0, 0.05) is 23.6 Å². The van der Waals surface area contributed by atoms with E-state index in [-0.39, 0.29) is 6.42 Å². The van der Waals surface area contributed by atoms with Crippen LogP contribution in [0.3, 0.4) is 0 Å². The fourth-order valence-electron chi connectivity index (χ4n) is 1.98. The van der Waals surface area contributed by atoms with Crippen LogP contribution in [0, 0.1) is 0 Å². The van der Waals surface area contributed by atoms with Crippen LogP contribution in [0.5, 0.6) is 0 Å². The molecule has 0 bridgehead atoms. The molecule has 3 atom stereocenters. The van der Waals surface area contributed by atoms with Gasteiger partial charge in [0.05, 0.1) is 13.2 Å². The summed E-state index contributed by atoms with van der Waals surface area (Å²) in [6.07, 6.45) is -0.535. The zero-order chi connectivity index (χ0) is 14.7. The predicted octanol–water partition coefficient (Wildman–Crippen LogP) is -0.324. The summed E-state index contributed by atoms with van der Waals surface area (Å²) in [6, 6.07) is 0.370. The Hall–Kier alpha value is -2.58. The summed E-state index contributed by atoms with van der Waals surface area (Å²) < 4.78 is 11.1. The third-order valence-electron chi connectivity index (χ3n) is 2.89. The number of hydrogen-bond acceptors (Lipinski definition) is 6. The van der Waals surface area contributed by atoms with E-state index in [1.54, 1.807) is 0 Å². The molecule has 1 fully saturated rings. The van der Waals surface area contributed by atoms with Gasteiger partial charge in [-0.2, -0.15) is 0 Å². The fraction of sp³-hybridized carbons (Fsp3) is 0.500. The quantitative estimate of drug-likeness (QED) is 0.350. The largest absolute Gasteiger partial charge is 0.467 e. The van der Waals surface area contributed by atoms with Gasteiger partial charge in [-0.3, -0.25) is 14.3 Å². The van der Waals surface area contributed by atoms with Gasteiger partial charge in [0.2, 0.25) is 0 Å². The Balaban J connectivity index is 2.32. The van der Waals surface area contributed by atoms with Gasteiger partial charge in [0.25, 0.3) is 5.56 Å². The van der Waals surface area contributed by atoms with Crippen molar-refractivity contribution in [2.45, 2.75) is 24.8 Å². The molecule has 10 heteroatoms. The Labute approximate surface area is 111 Å².